The Labute approximate surface area is 204 Å². The van der Waals surface area contributed by atoms with Gasteiger partial charge in [-0.25, -0.2) is 4.79 Å². The predicted molar refractivity (Wildman–Crippen MR) is 129 cm³/mol. The Morgan fingerprint density at radius 1 is 1.00 bits per heavy atom. The fraction of sp³-hybridized carbons (Fsp3) is 0.385. The quantitative estimate of drug-likeness (QED) is 0.385. The summed E-state index contributed by atoms with van der Waals surface area (Å²) in [5.41, 5.74) is 1.39. The second-order valence-corrected chi connectivity index (χ2v) is 8.77. The predicted octanol–water partition coefficient (Wildman–Crippen LogP) is 1.92. The number of amides is 2. The van der Waals surface area contributed by atoms with Gasteiger partial charge in [0.25, 0.3) is 5.91 Å². The number of nitrogens with zero attached hydrogens (tertiary/aromatic N) is 1. The van der Waals surface area contributed by atoms with Crippen LogP contribution in [-0.2, 0) is 20.8 Å². The Bertz CT molecular complexity index is 1030. The van der Waals surface area contributed by atoms with Gasteiger partial charge in [-0.1, -0.05) is 48.5 Å². The lowest BCUT2D eigenvalue weighted by Crippen LogP contribution is -2.54. The van der Waals surface area contributed by atoms with E-state index in [0.29, 0.717) is 31.4 Å². The Hall–Kier alpha value is -3.72. The molecule has 0 bridgehead atoms. The van der Waals surface area contributed by atoms with Crippen molar-refractivity contribution in [2.75, 3.05) is 6.54 Å². The van der Waals surface area contributed by atoms with Gasteiger partial charge in [-0.15, -0.1) is 0 Å². The van der Waals surface area contributed by atoms with E-state index in [1.54, 1.807) is 30.3 Å². The molecule has 0 radical (unpaired) electrons. The summed E-state index contributed by atoms with van der Waals surface area (Å²) in [6.45, 7) is 1.85. The zero-order chi connectivity index (χ0) is 25.4. The summed E-state index contributed by atoms with van der Waals surface area (Å²) in [5, 5.41) is 25.0. The first-order chi connectivity index (χ1) is 16.8. The highest BCUT2D eigenvalue weighted by Gasteiger charge is 2.37. The summed E-state index contributed by atoms with van der Waals surface area (Å²) >= 11 is 0. The molecule has 1 aliphatic rings. The summed E-state index contributed by atoms with van der Waals surface area (Å²) in [7, 11) is 0. The molecule has 1 saturated heterocycles. The summed E-state index contributed by atoms with van der Waals surface area (Å²) in [6.07, 6.45) is 1.40. The highest BCUT2D eigenvalue weighted by atomic mass is 16.4. The van der Waals surface area contributed by atoms with Crippen molar-refractivity contribution >= 4 is 23.8 Å². The Morgan fingerprint density at radius 2 is 1.63 bits per heavy atom. The van der Waals surface area contributed by atoms with Crippen molar-refractivity contribution in [2.45, 2.75) is 56.8 Å². The number of carbonyl (C=O) groups excluding carboxylic acids is 2. The van der Waals surface area contributed by atoms with Crippen LogP contribution in [0.2, 0.25) is 0 Å². The third kappa shape index (κ3) is 7.13. The average molecular weight is 482 g/mol. The van der Waals surface area contributed by atoms with Crippen LogP contribution >= 0.6 is 0 Å². The van der Waals surface area contributed by atoms with Crippen molar-refractivity contribution < 1.29 is 29.4 Å². The minimum atomic E-state index is -1.16. The van der Waals surface area contributed by atoms with E-state index < -0.39 is 42.0 Å². The monoisotopic (exact) mass is 481 g/mol. The largest absolute Gasteiger partial charge is 0.480 e. The normalized spacial score (nSPS) is 17.9. The molecule has 1 fully saturated rings. The zero-order valence-electron chi connectivity index (χ0n) is 19.6. The average Bonchev–Trinajstić information content (AvgIpc) is 3.34. The molecule has 1 aliphatic heterocycles. The number of nitrogens with one attached hydrogen (secondary N) is 2. The van der Waals surface area contributed by atoms with E-state index in [1.807, 2.05) is 30.3 Å². The second-order valence-electron chi connectivity index (χ2n) is 8.77. The number of hydrogen-bond acceptors (Lipinski definition) is 5. The molecule has 4 N–H and O–H groups in total. The lowest BCUT2D eigenvalue weighted by Gasteiger charge is -2.29. The maximum absolute atomic E-state index is 12.9. The van der Waals surface area contributed by atoms with Gasteiger partial charge < -0.3 is 20.4 Å². The van der Waals surface area contributed by atoms with Crippen molar-refractivity contribution in [2.24, 2.45) is 0 Å². The topological polar surface area (TPSA) is 136 Å². The molecule has 9 nitrogen and oxygen atoms in total. The molecule has 9 heteroatoms. The molecule has 35 heavy (non-hydrogen) atoms. The molecular weight excluding hydrogens is 450 g/mol. The molecule has 186 valence electrons. The molecule has 2 amide bonds. The highest BCUT2D eigenvalue weighted by molar-refractivity contribution is 5.94. The number of rotatable bonds is 11. The fourth-order valence-corrected chi connectivity index (χ4v) is 4.38. The number of carbonyl (C=O) groups is 4. The number of hydrogen-bond donors (Lipinski definition) is 4. The van der Waals surface area contributed by atoms with Gasteiger partial charge in [0.05, 0.1) is 6.04 Å². The summed E-state index contributed by atoms with van der Waals surface area (Å²) < 4.78 is 0. The number of aliphatic carboxylic acids is 2. The van der Waals surface area contributed by atoms with Crippen LogP contribution < -0.4 is 10.6 Å². The van der Waals surface area contributed by atoms with E-state index >= 15 is 0 Å². The van der Waals surface area contributed by atoms with Crippen molar-refractivity contribution in [3.05, 3.63) is 71.8 Å². The van der Waals surface area contributed by atoms with Crippen LogP contribution in [0.15, 0.2) is 60.7 Å². The van der Waals surface area contributed by atoms with Crippen LogP contribution in [-0.4, -0.2) is 69.6 Å². The van der Waals surface area contributed by atoms with Crippen LogP contribution in [0, 0.1) is 0 Å². The van der Waals surface area contributed by atoms with E-state index in [-0.39, 0.29) is 12.3 Å². The van der Waals surface area contributed by atoms with Crippen molar-refractivity contribution in [3.8, 4) is 0 Å². The van der Waals surface area contributed by atoms with Gasteiger partial charge in [0.2, 0.25) is 5.91 Å². The number of likely N-dealkylation sites (tertiary alicyclic amines) is 1. The molecule has 0 aliphatic carbocycles. The Balaban J connectivity index is 1.73. The summed E-state index contributed by atoms with van der Waals surface area (Å²) in [5.74, 6) is -2.99. The first-order valence-electron chi connectivity index (χ1n) is 11.7. The van der Waals surface area contributed by atoms with Crippen LogP contribution in [0.25, 0.3) is 0 Å². The molecule has 0 saturated carbocycles. The standard InChI is InChI=1S/C26H31N3O6/c1-17(24(31)29-14-8-13-22(29)26(34)35)27-21(25(32)33)16-20(15-18-9-4-2-5-10-18)28-23(30)19-11-6-3-7-12-19/h2-7,9-12,17,20-22,27H,8,13-16H2,1H3,(H,28,30)(H,32,33)(H,34,35). The van der Waals surface area contributed by atoms with E-state index in [0.717, 1.165) is 5.56 Å². The second kappa shape index (κ2) is 12.1. The molecule has 2 aromatic carbocycles. The summed E-state index contributed by atoms with van der Waals surface area (Å²) in [6, 6.07) is 14.6. The van der Waals surface area contributed by atoms with Crippen molar-refractivity contribution in [1.82, 2.24) is 15.5 Å². The lowest BCUT2D eigenvalue weighted by atomic mass is 9.98. The third-order valence-electron chi connectivity index (χ3n) is 6.16. The van der Waals surface area contributed by atoms with Crippen LogP contribution in [0.1, 0.15) is 42.1 Å². The Kier molecular flexibility index (Phi) is 8.97. The van der Waals surface area contributed by atoms with Crippen molar-refractivity contribution in [3.63, 3.8) is 0 Å². The van der Waals surface area contributed by atoms with Gasteiger partial charge in [0.15, 0.2) is 0 Å². The highest BCUT2D eigenvalue weighted by Crippen LogP contribution is 2.19. The number of carboxylic acid groups (broad SMARTS) is 2. The minimum Gasteiger partial charge on any atom is -0.480 e. The van der Waals surface area contributed by atoms with Crippen LogP contribution in [0.4, 0.5) is 0 Å². The van der Waals surface area contributed by atoms with Gasteiger partial charge in [-0.3, -0.25) is 19.7 Å². The molecule has 0 spiro atoms. The number of carboxylic acids is 2. The lowest BCUT2D eigenvalue weighted by molar-refractivity contribution is -0.149. The smallest absolute Gasteiger partial charge is 0.326 e. The number of benzene rings is 2. The SMILES string of the molecule is CC(NC(CC(Cc1ccccc1)NC(=O)c1ccccc1)C(=O)O)C(=O)N1CCCC1C(=O)O. The minimum absolute atomic E-state index is 0.0305. The van der Waals surface area contributed by atoms with Crippen molar-refractivity contribution in [1.29, 1.82) is 0 Å². The van der Waals surface area contributed by atoms with E-state index in [9.17, 15) is 29.4 Å². The van der Waals surface area contributed by atoms with Gasteiger partial charge in [-0.2, -0.15) is 0 Å². The molecule has 4 atom stereocenters. The molecule has 4 unspecified atom stereocenters. The zero-order valence-corrected chi connectivity index (χ0v) is 19.6. The maximum atomic E-state index is 12.9. The van der Waals surface area contributed by atoms with Gasteiger partial charge >= 0.3 is 11.9 Å². The maximum Gasteiger partial charge on any atom is 0.326 e. The molecule has 1 heterocycles. The van der Waals surface area contributed by atoms with Gasteiger partial charge in [-0.05, 0) is 50.3 Å². The molecule has 2 aromatic rings. The van der Waals surface area contributed by atoms with E-state index in [1.165, 1.54) is 11.8 Å². The third-order valence-corrected chi connectivity index (χ3v) is 6.16. The first-order valence-corrected chi connectivity index (χ1v) is 11.7. The molecule has 3 rings (SSSR count). The molecule has 0 aromatic heterocycles. The summed E-state index contributed by atoms with van der Waals surface area (Å²) in [4.78, 5) is 50.6. The molecular formula is C26H31N3O6. The first kappa shape index (κ1) is 25.9. The Morgan fingerprint density at radius 3 is 2.23 bits per heavy atom. The van der Waals surface area contributed by atoms with E-state index in [4.69, 9.17) is 0 Å². The van der Waals surface area contributed by atoms with Crippen LogP contribution in [0.3, 0.4) is 0 Å². The van der Waals surface area contributed by atoms with Gasteiger partial charge in [0, 0.05) is 18.2 Å². The van der Waals surface area contributed by atoms with Crippen LogP contribution in [0.5, 0.6) is 0 Å². The fourth-order valence-electron chi connectivity index (χ4n) is 4.38. The van der Waals surface area contributed by atoms with E-state index in [2.05, 4.69) is 10.6 Å². The van der Waals surface area contributed by atoms with Gasteiger partial charge in [0.1, 0.15) is 12.1 Å².